The Bertz CT molecular complexity index is 894. The van der Waals surface area contributed by atoms with Crippen molar-refractivity contribution in [2.24, 2.45) is 5.92 Å². The number of carbonyl (C=O) groups is 2. The average molecular weight is 441 g/mol. The van der Waals surface area contributed by atoms with Crippen LogP contribution in [0, 0.1) is 12.8 Å². The van der Waals surface area contributed by atoms with E-state index in [1.54, 1.807) is 13.0 Å². The van der Waals surface area contributed by atoms with Crippen LogP contribution in [0.3, 0.4) is 0 Å². The molecule has 4 rings (SSSR count). The van der Waals surface area contributed by atoms with Gasteiger partial charge in [-0.1, -0.05) is 23.4 Å². The number of piperazine rings is 1. The molecule has 2 aliphatic rings. The average Bonchev–Trinajstić information content (AvgIpc) is 3.43. The van der Waals surface area contributed by atoms with Crippen molar-refractivity contribution in [1.82, 2.24) is 20.3 Å². The maximum absolute atomic E-state index is 12.4. The molecular formula is C23H32N6O3. The molecule has 172 valence electrons. The minimum Gasteiger partial charge on any atom is -0.371 e. The summed E-state index contributed by atoms with van der Waals surface area (Å²) in [7, 11) is 0. The van der Waals surface area contributed by atoms with Crippen LogP contribution >= 0.6 is 0 Å². The van der Waals surface area contributed by atoms with Crippen LogP contribution in [0.2, 0.25) is 0 Å². The third kappa shape index (κ3) is 6.30. The second-order valence-corrected chi connectivity index (χ2v) is 8.66. The van der Waals surface area contributed by atoms with Crippen molar-refractivity contribution in [3.63, 3.8) is 0 Å². The van der Waals surface area contributed by atoms with Crippen molar-refractivity contribution in [1.29, 1.82) is 0 Å². The number of carbonyl (C=O) groups excluding carboxylic acids is 2. The Morgan fingerprint density at radius 2 is 1.72 bits per heavy atom. The van der Waals surface area contributed by atoms with Crippen molar-refractivity contribution in [2.45, 2.75) is 13.3 Å². The number of anilines is 2. The molecule has 2 amide bonds. The number of rotatable bonds is 8. The van der Waals surface area contributed by atoms with E-state index in [2.05, 4.69) is 54.8 Å². The number of amides is 2. The van der Waals surface area contributed by atoms with Gasteiger partial charge in [-0.05, 0) is 31.4 Å². The molecule has 2 fully saturated rings. The van der Waals surface area contributed by atoms with Gasteiger partial charge < -0.3 is 20.1 Å². The van der Waals surface area contributed by atoms with Gasteiger partial charge in [0.05, 0.1) is 13.1 Å². The van der Waals surface area contributed by atoms with E-state index in [0.29, 0.717) is 30.6 Å². The van der Waals surface area contributed by atoms with Gasteiger partial charge in [0.25, 0.3) is 0 Å². The molecule has 3 heterocycles. The molecule has 32 heavy (non-hydrogen) atoms. The number of benzene rings is 1. The summed E-state index contributed by atoms with van der Waals surface area (Å²) in [6.45, 7) is 8.31. The van der Waals surface area contributed by atoms with E-state index in [-0.39, 0.29) is 11.8 Å². The van der Waals surface area contributed by atoms with E-state index in [1.807, 2.05) is 6.07 Å². The van der Waals surface area contributed by atoms with Crippen LogP contribution in [0.15, 0.2) is 40.9 Å². The van der Waals surface area contributed by atoms with Gasteiger partial charge in [0.2, 0.25) is 11.8 Å². The lowest BCUT2D eigenvalue weighted by atomic mass is 10.1. The Hall–Kier alpha value is -2.91. The number of aromatic nitrogens is 1. The summed E-state index contributed by atoms with van der Waals surface area (Å²) in [5.41, 5.74) is 1.25. The van der Waals surface area contributed by atoms with E-state index >= 15 is 0 Å². The lowest BCUT2D eigenvalue weighted by Crippen LogP contribution is -2.51. The molecule has 2 N–H and O–H groups in total. The number of para-hydroxylation sites is 1. The van der Waals surface area contributed by atoms with Crippen LogP contribution in [0.1, 0.15) is 12.2 Å². The molecule has 1 unspecified atom stereocenters. The molecule has 9 heteroatoms. The van der Waals surface area contributed by atoms with Gasteiger partial charge in [0, 0.05) is 57.6 Å². The Labute approximate surface area is 188 Å². The maximum atomic E-state index is 12.4. The van der Waals surface area contributed by atoms with Crippen LogP contribution in [0.25, 0.3) is 0 Å². The number of hydrogen-bond donors (Lipinski definition) is 2. The van der Waals surface area contributed by atoms with E-state index in [4.69, 9.17) is 4.52 Å². The number of aryl methyl sites for hydroxylation is 1. The lowest BCUT2D eigenvalue weighted by Gasteiger charge is -2.33. The van der Waals surface area contributed by atoms with Gasteiger partial charge in [0.1, 0.15) is 5.76 Å². The normalized spacial score (nSPS) is 19.8. The highest BCUT2D eigenvalue weighted by Gasteiger charge is 2.24. The summed E-state index contributed by atoms with van der Waals surface area (Å²) >= 11 is 0. The summed E-state index contributed by atoms with van der Waals surface area (Å²) in [6, 6.07) is 12.1. The van der Waals surface area contributed by atoms with E-state index in [1.165, 1.54) is 5.69 Å². The summed E-state index contributed by atoms with van der Waals surface area (Å²) in [4.78, 5) is 31.2. The fraction of sp³-hybridized carbons (Fsp3) is 0.522. The second kappa shape index (κ2) is 10.6. The zero-order chi connectivity index (χ0) is 22.3. The number of nitrogens with zero attached hydrogens (tertiary/aromatic N) is 4. The molecule has 1 atom stereocenters. The molecule has 0 saturated carbocycles. The molecule has 2 aliphatic heterocycles. The zero-order valence-corrected chi connectivity index (χ0v) is 18.6. The van der Waals surface area contributed by atoms with Gasteiger partial charge in [-0.25, -0.2) is 0 Å². The van der Waals surface area contributed by atoms with Crippen molar-refractivity contribution < 1.29 is 14.1 Å². The zero-order valence-electron chi connectivity index (χ0n) is 18.6. The molecule has 2 aromatic rings. The van der Waals surface area contributed by atoms with Crippen LogP contribution < -0.4 is 15.5 Å². The quantitative estimate of drug-likeness (QED) is 0.637. The van der Waals surface area contributed by atoms with Crippen LogP contribution in [0.4, 0.5) is 11.5 Å². The minimum atomic E-state index is -0.106. The summed E-state index contributed by atoms with van der Waals surface area (Å²) < 4.78 is 4.96. The van der Waals surface area contributed by atoms with Gasteiger partial charge in [0.15, 0.2) is 5.82 Å². The van der Waals surface area contributed by atoms with Crippen molar-refractivity contribution in [2.75, 3.05) is 69.1 Å². The van der Waals surface area contributed by atoms with E-state index < -0.39 is 0 Å². The predicted octanol–water partition coefficient (Wildman–Crippen LogP) is 1.18. The van der Waals surface area contributed by atoms with Gasteiger partial charge in [-0.15, -0.1) is 0 Å². The summed E-state index contributed by atoms with van der Waals surface area (Å²) in [5.74, 6) is 1.56. The number of hydrogen-bond acceptors (Lipinski definition) is 7. The molecule has 1 aromatic carbocycles. The first-order valence-electron chi connectivity index (χ1n) is 11.3. The smallest absolute Gasteiger partial charge is 0.239 e. The Kier molecular flexibility index (Phi) is 7.39. The molecule has 0 bridgehead atoms. The third-order valence-corrected chi connectivity index (χ3v) is 6.09. The molecular weight excluding hydrogens is 408 g/mol. The van der Waals surface area contributed by atoms with Crippen molar-refractivity contribution >= 4 is 23.3 Å². The predicted molar refractivity (Wildman–Crippen MR) is 123 cm³/mol. The molecule has 0 aliphatic carbocycles. The van der Waals surface area contributed by atoms with Crippen LogP contribution in [-0.4, -0.2) is 85.7 Å². The summed E-state index contributed by atoms with van der Waals surface area (Å²) in [5, 5.41) is 9.64. The molecule has 0 spiro atoms. The fourth-order valence-electron chi connectivity index (χ4n) is 4.31. The van der Waals surface area contributed by atoms with Crippen LogP contribution in [0.5, 0.6) is 0 Å². The first-order valence-corrected chi connectivity index (χ1v) is 11.3. The monoisotopic (exact) mass is 440 g/mol. The highest BCUT2D eigenvalue weighted by Crippen LogP contribution is 2.22. The molecule has 9 nitrogen and oxygen atoms in total. The molecule has 2 saturated heterocycles. The number of nitrogens with one attached hydrogen (secondary N) is 2. The Morgan fingerprint density at radius 1 is 1.03 bits per heavy atom. The Morgan fingerprint density at radius 3 is 2.38 bits per heavy atom. The molecule has 0 radical (unpaired) electrons. The summed E-state index contributed by atoms with van der Waals surface area (Å²) in [6.07, 6.45) is 1.10. The second-order valence-electron chi connectivity index (χ2n) is 8.66. The maximum Gasteiger partial charge on any atom is 0.239 e. The first-order chi connectivity index (χ1) is 15.5. The van der Waals surface area contributed by atoms with E-state index in [9.17, 15) is 9.59 Å². The minimum absolute atomic E-state index is 0.0794. The molecule has 1 aromatic heterocycles. The highest BCUT2D eigenvalue weighted by atomic mass is 16.5. The first kappa shape index (κ1) is 22.3. The van der Waals surface area contributed by atoms with Crippen molar-refractivity contribution in [3.8, 4) is 0 Å². The third-order valence-electron chi connectivity index (χ3n) is 6.09. The largest absolute Gasteiger partial charge is 0.371 e. The Balaban J connectivity index is 1.10. The standard InChI is InChI=1S/C23H32N6O3/c1-18-13-21(26-32-18)25-23(31)17-28-11-9-27(10-12-28)16-22(30)24-14-19-7-8-29(15-19)20-5-3-2-4-6-20/h2-6,13,19H,7-12,14-17H2,1H3,(H,24,30)(H,25,26,31). The van der Waals surface area contributed by atoms with Crippen molar-refractivity contribution in [3.05, 3.63) is 42.2 Å². The van der Waals surface area contributed by atoms with Gasteiger partial charge in [-0.3, -0.25) is 19.4 Å². The van der Waals surface area contributed by atoms with Gasteiger partial charge in [-0.2, -0.15) is 0 Å². The SMILES string of the molecule is Cc1cc(NC(=O)CN2CCN(CC(=O)NCC3CCN(c4ccccc4)C3)CC2)no1. The lowest BCUT2D eigenvalue weighted by molar-refractivity contribution is -0.123. The highest BCUT2D eigenvalue weighted by molar-refractivity contribution is 5.91. The van der Waals surface area contributed by atoms with Gasteiger partial charge >= 0.3 is 0 Å². The van der Waals surface area contributed by atoms with E-state index in [0.717, 1.165) is 52.2 Å². The van der Waals surface area contributed by atoms with Crippen LogP contribution in [-0.2, 0) is 9.59 Å². The fourth-order valence-corrected chi connectivity index (χ4v) is 4.31. The topological polar surface area (TPSA) is 94.0 Å².